The Balaban J connectivity index is 1.97. The summed E-state index contributed by atoms with van der Waals surface area (Å²) in [4.78, 5) is 0. The second kappa shape index (κ2) is 5.23. The Morgan fingerprint density at radius 1 is 1.19 bits per heavy atom. The summed E-state index contributed by atoms with van der Waals surface area (Å²) in [6.45, 7) is 6.19. The molecule has 0 N–H and O–H groups in total. The molecule has 0 amide bonds. The Kier molecular flexibility index (Phi) is 3.67. The predicted molar refractivity (Wildman–Crippen MR) is 88.7 cm³/mol. The monoisotopic (exact) mass is 320 g/mol. The van der Waals surface area contributed by atoms with Gasteiger partial charge in [-0.2, -0.15) is 0 Å². The van der Waals surface area contributed by atoms with E-state index in [1.165, 1.54) is 5.56 Å². The molecule has 0 fully saturated rings. The molecule has 1 aliphatic heterocycles. The van der Waals surface area contributed by atoms with E-state index in [9.17, 15) is 0 Å². The maximum absolute atomic E-state index is 6.66. The zero-order valence-corrected chi connectivity index (χ0v) is 13.9. The van der Waals surface area contributed by atoms with Crippen LogP contribution in [0.15, 0.2) is 36.4 Å². The van der Waals surface area contributed by atoms with Gasteiger partial charge in [-0.15, -0.1) is 11.6 Å². The molecule has 0 radical (unpaired) electrons. The third-order valence-electron chi connectivity index (χ3n) is 3.87. The van der Waals surface area contributed by atoms with Crippen molar-refractivity contribution >= 4 is 23.2 Å². The highest BCUT2D eigenvalue weighted by Gasteiger charge is 2.30. The van der Waals surface area contributed by atoms with Crippen molar-refractivity contribution in [2.75, 3.05) is 0 Å². The zero-order chi connectivity index (χ0) is 15.2. The van der Waals surface area contributed by atoms with Gasteiger partial charge in [0.15, 0.2) is 0 Å². The van der Waals surface area contributed by atoms with Crippen molar-refractivity contribution in [1.29, 1.82) is 0 Å². The van der Waals surface area contributed by atoms with Crippen molar-refractivity contribution in [1.82, 2.24) is 0 Å². The fraction of sp³-hybridized carbons (Fsp3) is 0.333. The van der Waals surface area contributed by atoms with Crippen molar-refractivity contribution in [3.05, 3.63) is 63.7 Å². The smallest absolute Gasteiger partial charge is 0.123 e. The van der Waals surface area contributed by atoms with Crippen LogP contribution in [0.2, 0.25) is 5.02 Å². The lowest BCUT2D eigenvalue weighted by Crippen LogP contribution is -2.24. The minimum Gasteiger partial charge on any atom is -0.487 e. The summed E-state index contributed by atoms with van der Waals surface area (Å²) < 4.78 is 5.91. The van der Waals surface area contributed by atoms with Crippen LogP contribution in [0.3, 0.4) is 0 Å². The van der Waals surface area contributed by atoms with Crippen molar-refractivity contribution in [2.45, 2.75) is 38.2 Å². The molecule has 3 heteroatoms. The Morgan fingerprint density at radius 3 is 2.71 bits per heavy atom. The lowest BCUT2D eigenvalue weighted by atomic mass is 9.97. The van der Waals surface area contributed by atoms with E-state index in [-0.39, 0.29) is 11.0 Å². The maximum Gasteiger partial charge on any atom is 0.123 e. The molecule has 3 rings (SSSR count). The van der Waals surface area contributed by atoms with Gasteiger partial charge in [0, 0.05) is 11.4 Å². The normalized spacial score (nSPS) is 17.2. The van der Waals surface area contributed by atoms with E-state index in [2.05, 4.69) is 19.9 Å². The van der Waals surface area contributed by atoms with Crippen LogP contribution in [0.5, 0.6) is 5.75 Å². The van der Waals surface area contributed by atoms with Crippen molar-refractivity contribution in [3.63, 3.8) is 0 Å². The molecule has 0 aromatic heterocycles. The highest BCUT2D eigenvalue weighted by atomic mass is 35.5. The fourth-order valence-electron chi connectivity index (χ4n) is 2.83. The molecule has 0 spiro atoms. The number of alkyl halides is 1. The lowest BCUT2D eigenvalue weighted by Gasteiger charge is -2.16. The summed E-state index contributed by atoms with van der Waals surface area (Å²) in [6.07, 6.45) is 0.904. The summed E-state index contributed by atoms with van der Waals surface area (Å²) in [5, 5.41) is 0.501. The molecule has 0 saturated heterocycles. The molecule has 1 atom stereocenters. The summed E-state index contributed by atoms with van der Waals surface area (Å²) in [7, 11) is 0. The third kappa shape index (κ3) is 2.77. The van der Waals surface area contributed by atoms with Crippen LogP contribution in [0.1, 0.15) is 41.5 Å². The number of halogens is 2. The van der Waals surface area contributed by atoms with Crippen LogP contribution in [0, 0.1) is 6.92 Å². The highest BCUT2D eigenvalue weighted by Crippen LogP contribution is 2.40. The zero-order valence-electron chi connectivity index (χ0n) is 12.4. The van der Waals surface area contributed by atoms with Gasteiger partial charge in [-0.3, -0.25) is 0 Å². The second-order valence-corrected chi connectivity index (χ2v) is 7.06. The number of rotatable bonds is 2. The number of hydrogen-bond donors (Lipinski definition) is 0. The van der Waals surface area contributed by atoms with Crippen molar-refractivity contribution in [2.24, 2.45) is 0 Å². The van der Waals surface area contributed by atoms with Gasteiger partial charge in [0.2, 0.25) is 0 Å². The van der Waals surface area contributed by atoms with Crippen LogP contribution in [0.4, 0.5) is 0 Å². The van der Waals surface area contributed by atoms with Gasteiger partial charge in [0.1, 0.15) is 11.4 Å². The number of ether oxygens (including phenoxy) is 1. The standard InChI is InChI=1S/C18H18Cl2O/c1-11-5-4-6-14(16(11)19)17(20)12-7-8-15-13(9-12)10-18(2,3)21-15/h4-9,17H,10H2,1-3H3. The number of fused-ring (bicyclic) bond motifs is 1. The van der Waals surface area contributed by atoms with Gasteiger partial charge in [-0.05, 0) is 49.1 Å². The molecule has 0 bridgehead atoms. The molecular weight excluding hydrogens is 303 g/mol. The Labute approximate surface area is 135 Å². The van der Waals surface area contributed by atoms with Crippen LogP contribution in [0.25, 0.3) is 0 Å². The summed E-state index contributed by atoms with van der Waals surface area (Å²) >= 11 is 13.0. The molecule has 1 unspecified atom stereocenters. The summed E-state index contributed by atoms with van der Waals surface area (Å²) in [6, 6.07) is 12.1. The van der Waals surface area contributed by atoms with Crippen LogP contribution < -0.4 is 4.74 Å². The van der Waals surface area contributed by atoms with Gasteiger partial charge >= 0.3 is 0 Å². The second-order valence-electron chi connectivity index (χ2n) is 6.25. The van der Waals surface area contributed by atoms with Crippen molar-refractivity contribution < 1.29 is 4.74 Å². The molecule has 0 saturated carbocycles. The molecule has 1 heterocycles. The Morgan fingerprint density at radius 2 is 1.95 bits per heavy atom. The molecule has 2 aromatic carbocycles. The topological polar surface area (TPSA) is 9.23 Å². The first-order valence-corrected chi connectivity index (χ1v) is 7.90. The number of hydrogen-bond acceptors (Lipinski definition) is 1. The summed E-state index contributed by atoms with van der Waals surface area (Å²) in [5.41, 5.74) is 4.14. The fourth-order valence-corrected chi connectivity index (χ4v) is 3.44. The largest absolute Gasteiger partial charge is 0.487 e. The van der Waals surface area contributed by atoms with Gasteiger partial charge in [-0.25, -0.2) is 0 Å². The van der Waals surface area contributed by atoms with Gasteiger partial charge < -0.3 is 4.74 Å². The molecule has 0 aliphatic carbocycles. The molecule has 1 nitrogen and oxygen atoms in total. The van der Waals surface area contributed by atoms with Gasteiger partial charge in [0.25, 0.3) is 0 Å². The van der Waals surface area contributed by atoms with E-state index in [4.69, 9.17) is 27.9 Å². The first-order valence-electron chi connectivity index (χ1n) is 7.08. The van der Waals surface area contributed by atoms with E-state index in [1.807, 2.05) is 37.3 Å². The Hall–Kier alpha value is -1.18. The van der Waals surface area contributed by atoms with Gasteiger partial charge in [-0.1, -0.05) is 41.9 Å². The average molecular weight is 321 g/mol. The average Bonchev–Trinajstić information content (AvgIpc) is 2.73. The quantitative estimate of drug-likeness (QED) is 0.646. The van der Waals surface area contributed by atoms with Crippen LogP contribution in [-0.4, -0.2) is 5.60 Å². The summed E-state index contributed by atoms with van der Waals surface area (Å²) in [5.74, 6) is 0.961. The van der Waals surface area contributed by atoms with E-state index < -0.39 is 0 Å². The van der Waals surface area contributed by atoms with Crippen LogP contribution >= 0.6 is 23.2 Å². The van der Waals surface area contributed by atoms with Crippen LogP contribution in [-0.2, 0) is 6.42 Å². The van der Waals surface area contributed by atoms with E-state index >= 15 is 0 Å². The molecule has 21 heavy (non-hydrogen) atoms. The first-order chi connectivity index (χ1) is 9.87. The lowest BCUT2D eigenvalue weighted by molar-refractivity contribution is 0.138. The van der Waals surface area contributed by atoms with Crippen molar-refractivity contribution in [3.8, 4) is 5.75 Å². The highest BCUT2D eigenvalue weighted by molar-refractivity contribution is 6.33. The molecular formula is C18H18Cl2O. The third-order valence-corrected chi connectivity index (χ3v) is 4.88. The predicted octanol–water partition coefficient (Wildman–Crippen LogP) is 5.69. The molecule has 110 valence electrons. The first kappa shape index (κ1) is 14.7. The molecule has 1 aliphatic rings. The van der Waals surface area contributed by atoms with Gasteiger partial charge in [0.05, 0.1) is 5.38 Å². The number of aryl methyl sites for hydroxylation is 1. The SMILES string of the molecule is Cc1cccc(C(Cl)c2ccc3c(c2)CC(C)(C)O3)c1Cl. The van der Waals surface area contributed by atoms with E-state index in [0.717, 1.165) is 33.9 Å². The molecule has 2 aromatic rings. The van der Waals surface area contributed by atoms with E-state index in [0.29, 0.717) is 0 Å². The van der Waals surface area contributed by atoms with E-state index in [1.54, 1.807) is 0 Å². The minimum atomic E-state index is -0.244. The minimum absolute atomic E-state index is 0.135. The maximum atomic E-state index is 6.66. The Bertz CT molecular complexity index is 692. The number of benzene rings is 2.